The van der Waals surface area contributed by atoms with Crippen molar-refractivity contribution in [2.75, 3.05) is 0 Å². The molecule has 0 aromatic carbocycles. The van der Waals surface area contributed by atoms with Gasteiger partial charge in [-0.05, 0) is 0 Å². The molecule has 24 nitrogen and oxygen atoms in total. The zero-order chi connectivity index (χ0) is 21.5. The molecule has 0 N–H and O–H groups in total. The molecule has 0 fully saturated rings. The summed E-state index contributed by atoms with van der Waals surface area (Å²) in [5, 5.41) is 88.5. The maximum atomic E-state index is 8.25. The van der Waals surface area contributed by atoms with Crippen molar-refractivity contribution in [2.45, 2.75) is 0 Å². The van der Waals surface area contributed by atoms with Gasteiger partial charge < -0.3 is 91.9 Å². The standard InChI is InChI=1S/Cu.Fe.6NO3.Ni/c;;6*2-1(3)4;/q2*+2;6*-1;+2. The predicted molar refractivity (Wildman–Crippen MR) is 62.2 cm³/mol. The summed E-state index contributed by atoms with van der Waals surface area (Å²) >= 11 is 0. The Bertz CT molecular complexity index is 269. The molecule has 167 valence electrons. The van der Waals surface area contributed by atoms with Crippen molar-refractivity contribution in [3.8, 4) is 0 Å². The second kappa shape index (κ2) is 49.5. The largest absolute Gasteiger partial charge is 2.00 e. The molecule has 0 heterocycles. The van der Waals surface area contributed by atoms with Crippen LogP contribution in [0.15, 0.2) is 0 Å². The number of hydrogen-bond donors (Lipinski definition) is 0. The fraction of sp³-hybridized carbons (Fsp3) is 0. The van der Waals surface area contributed by atoms with Gasteiger partial charge in [-0.3, -0.25) is 0 Å². The van der Waals surface area contributed by atoms with E-state index in [0.717, 1.165) is 0 Å². The molecule has 0 aliphatic heterocycles. The molecular weight excluding hydrogens is 550 g/mol. The first kappa shape index (κ1) is 56.5. The minimum absolute atomic E-state index is 0. The van der Waals surface area contributed by atoms with E-state index in [2.05, 4.69) is 0 Å². The van der Waals surface area contributed by atoms with E-state index in [9.17, 15) is 0 Å². The van der Waals surface area contributed by atoms with Gasteiger partial charge in [0.2, 0.25) is 0 Å². The van der Waals surface area contributed by atoms with Crippen molar-refractivity contribution in [3.63, 3.8) is 0 Å². The average Bonchev–Trinajstić information content (AvgIpc) is 2.08. The topological polar surface area (TPSA) is 397 Å². The molecule has 0 unspecified atom stereocenters. The molecule has 0 spiro atoms. The molecule has 0 saturated heterocycles. The Kier molecular flexibility index (Phi) is 104. The van der Waals surface area contributed by atoms with Gasteiger partial charge in [-0.1, -0.05) is 0 Å². The third-order valence-electron chi connectivity index (χ3n) is 0. The van der Waals surface area contributed by atoms with Gasteiger partial charge in [0.25, 0.3) is 0 Å². The van der Waals surface area contributed by atoms with Gasteiger partial charge >= 0.3 is 50.6 Å². The van der Waals surface area contributed by atoms with Crippen molar-refractivity contribution in [1.29, 1.82) is 0 Å². The Morgan fingerprint density at radius 1 is 0.333 bits per heavy atom. The molecular formula is CuFeN6NiO18. The molecule has 0 atom stereocenters. The van der Waals surface area contributed by atoms with Crippen LogP contribution in [0.1, 0.15) is 0 Å². The maximum Gasteiger partial charge on any atom is 2.00 e. The van der Waals surface area contributed by atoms with E-state index in [4.69, 9.17) is 91.9 Å². The quantitative estimate of drug-likeness (QED) is 0.189. The smallest absolute Gasteiger partial charge is 0.356 e. The Morgan fingerprint density at radius 2 is 0.333 bits per heavy atom. The van der Waals surface area contributed by atoms with Gasteiger partial charge in [0.1, 0.15) is 0 Å². The Balaban J connectivity index is -0.0000000201. The summed E-state index contributed by atoms with van der Waals surface area (Å²) in [6, 6.07) is 0. The first-order chi connectivity index (χ1) is 10.4. The van der Waals surface area contributed by atoms with E-state index >= 15 is 0 Å². The number of hydrogen-bond acceptors (Lipinski definition) is 18. The van der Waals surface area contributed by atoms with Crippen LogP contribution in [0.25, 0.3) is 0 Å². The monoisotopic (exact) mass is 549 g/mol. The fourth-order valence-electron chi connectivity index (χ4n) is 0. The van der Waals surface area contributed by atoms with Crippen LogP contribution in [0.2, 0.25) is 0 Å². The molecule has 0 aromatic heterocycles. The van der Waals surface area contributed by atoms with Crippen molar-refractivity contribution < 1.29 is 81.1 Å². The molecule has 27 heteroatoms. The summed E-state index contributed by atoms with van der Waals surface area (Å²) in [5.74, 6) is 0. The summed E-state index contributed by atoms with van der Waals surface area (Å²) in [6.07, 6.45) is 0. The first-order valence-electron chi connectivity index (χ1n) is 3.29. The van der Waals surface area contributed by atoms with Crippen LogP contribution in [-0.2, 0) is 50.6 Å². The third kappa shape index (κ3) is 915. The summed E-state index contributed by atoms with van der Waals surface area (Å²) < 4.78 is 0. The molecule has 0 aliphatic rings. The SMILES string of the molecule is O=[N+]([O-])[O-].O=[N+]([O-])[O-].O=[N+]([O-])[O-].O=[N+]([O-])[O-].O=[N+]([O-])[O-].O=[N+]([O-])[O-].[Cu+2].[Fe+2].[Ni+2]. The van der Waals surface area contributed by atoms with Crippen LogP contribution in [0.3, 0.4) is 0 Å². The number of rotatable bonds is 0. The Labute approximate surface area is 173 Å². The van der Waals surface area contributed by atoms with Crippen LogP contribution < -0.4 is 0 Å². The van der Waals surface area contributed by atoms with Crippen molar-refractivity contribution in [1.82, 2.24) is 0 Å². The van der Waals surface area contributed by atoms with E-state index in [1.165, 1.54) is 0 Å². The molecule has 0 bridgehead atoms. The van der Waals surface area contributed by atoms with E-state index in [-0.39, 0.29) is 50.6 Å². The van der Waals surface area contributed by atoms with Gasteiger partial charge in [-0.2, -0.15) is 0 Å². The third-order valence-corrected chi connectivity index (χ3v) is 0. The Morgan fingerprint density at radius 3 is 0.333 bits per heavy atom. The summed E-state index contributed by atoms with van der Waals surface area (Å²) in [4.78, 5) is 49.5. The second-order valence-electron chi connectivity index (χ2n) is 1.34. The summed E-state index contributed by atoms with van der Waals surface area (Å²) in [7, 11) is 0. The predicted octanol–water partition coefficient (Wildman–Crippen LogP) is -1.44. The van der Waals surface area contributed by atoms with Gasteiger partial charge in [0, 0.05) is 0 Å². The normalized spacial score (nSPS) is 5.33. The minimum atomic E-state index is -1.75. The molecule has 0 rings (SSSR count). The Hall–Kier alpha value is -3.27. The van der Waals surface area contributed by atoms with Crippen LogP contribution in [-0.4, -0.2) is 30.5 Å². The summed E-state index contributed by atoms with van der Waals surface area (Å²) in [5.41, 5.74) is 0. The van der Waals surface area contributed by atoms with Crippen LogP contribution in [0, 0.1) is 91.9 Å². The molecule has 0 saturated carbocycles. The van der Waals surface area contributed by atoms with Gasteiger partial charge in [-0.15, -0.1) is 0 Å². The molecule has 0 aliphatic carbocycles. The minimum Gasteiger partial charge on any atom is -0.356 e. The van der Waals surface area contributed by atoms with Crippen molar-refractivity contribution >= 4 is 0 Å². The zero-order valence-electron chi connectivity index (χ0n) is 11.0. The molecule has 0 amide bonds. The van der Waals surface area contributed by atoms with Crippen LogP contribution in [0.4, 0.5) is 0 Å². The zero-order valence-corrected chi connectivity index (χ0v) is 14.0. The maximum absolute atomic E-state index is 8.25. The molecule has 27 heavy (non-hydrogen) atoms. The first-order valence-corrected chi connectivity index (χ1v) is 3.29. The van der Waals surface area contributed by atoms with E-state index < -0.39 is 30.5 Å². The van der Waals surface area contributed by atoms with Crippen LogP contribution >= 0.6 is 0 Å². The fourth-order valence-corrected chi connectivity index (χ4v) is 0. The summed E-state index contributed by atoms with van der Waals surface area (Å²) in [6.45, 7) is 0. The van der Waals surface area contributed by atoms with Gasteiger partial charge in [-0.25, -0.2) is 0 Å². The second-order valence-corrected chi connectivity index (χ2v) is 1.34. The average molecular weight is 550 g/mol. The van der Waals surface area contributed by atoms with Crippen LogP contribution in [0.5, 0.6) is 0 Å². The molecule has 0 aromatic rings. The molecule has 1 radical (unpaired) electrons. The van der Waals surface area contributed by atoms with Gasteiger partial charge in [0.15, 0.2) is 0 Å². The van der Waals surface area contributed by atoms with Gasteiger partial charge in [0.05, 0.1) is 30.5 Å². The number of nitrogens with zero attached hydrogens (tertiary/aromatic N) is 6. The van der Waals surface area contributed by atoms with E-state index in [1.807, 2.05) is 0 Å². The van der Waals surface area contributed by atoms with E-state index in [1.54, 1.807) is 0 Å². The van der Waals surface area contributed by atoms with Crippen molar-refractivity contribution in [2.24, 2.45) is 0 Å². The van der Waals surface area contributed by atoms with E-state index in [0.29, 0.717) is 0 Å². The van der Waals surface area contributed by atoms with Crippen molar-refractivity contribution in [3.05, 3.63) is 91.9 Å².